The van der Waals surface area contributed by atoms with Crippen LogP contribution in [0.2, 0.25) is 0 Å². The van der Waals surface area contributed by atoms with E-state index in [0.29, 0.717) is 22.2 Å². The number of nitrogens with one attached hydrogen (secondary N) is 2. The molecule has 6 nitrogen and oxygen atoms in total. The van der Waals surface area contributed by atoms with Crippen LogP contribution < -0.4 is 10.1 Å². The van der Waals surface area contributed by atoms with E-state index in [0.717, 1.165) is 28.7 Å². The molecule has 3 aromatic carbocycles. The summed E-state index contributed by atoms with van der Waals surface area (Å²) in [6.45, 7) is 1.88. The lowest BCUT2D eigenvalue weighted by molar-refractivity contribution is -0.137. The van der Waals surface area contributed by atoms with E-state index in [1.54, 1.807) is 30.6 Å². The molecule has 2 heterocycles. The molecule has 9 heteroatoms. The molecule has 0 aliphatic heterocycles. The normalized spacial score (nSPS) is 12.6. The van der Waals surface area contributed by atoms with Gasteiger partial charge in [-0.3, -0.25) is 9.78 Å². The summed E-state index contributed by atoms with van der Waals surface area (Å²) in [5.41, 5.74) is 2.66. The van der Waals surface area contributed by atoms with Crippen molar-refractivity contribution in [3.05, 3.63) is 95.9 Å². The number of alkyl halides is 3. The molecular formula is C26H19F3N4O2. The number of amides is 1. The molecule has 0 unspecified atom stereocenters. The fraction of sp³-hybridized carbons (Fsp3) is 0.115. The molecule has 0 saturated heterocycles. The van der Waals surface area contributed by atoms with Crippen molar-refractivity contribution >= 4 is 27.8 Å². The van der Waals surface area contributed by atoms with Crippen LogP contribution in [0.4, 0.5) is 13.2 Å². The zero-order chi connectivity index (χ0) is 24.6. The van der Waals surface area contributed by atoms with E-state index in [2.05, 4.69) is 20.3 Å². The van der Waals surface area contributed by atoms with E-state index in [-0.39, 0.29) is 17.7 Å². The van der Waals surface area contributed by atoms with E-state index in [1.165, 1.54) is 18.3 Å². The number of ether oxygens (including phenoxy) is 1. The minimum Gasteiger partial charge on any atom is -0.455 e. The van der Waals surface area contributed by atoms with Gasteiger partial charge in [0.05, 0.1) is 34.5 Å². The maximum Gasteiger partial charge on any atom is 0.416 e. The minimum absolute atomic E-state index is 0.246. The zero-order valence-electron chi connectivity index (χ0n) is 18.4. The zero-order valence-corrected chi connectivity index (χ0v) is 18.4. The third kappa shape index (κ3) is 4.52. The average molecular weight is 476 g/mol. The number of carbonyl (C=O) groups excluding carboxylic acids is 1. The van der Waals surface area contributed by atoms with Gasteiger partial charge in [0, 0.05) is 17.1 Å². The van der Waals surface area contributed by atoms with E-state index in [4.69, 9.17) is 4.74 Å². The lowest BCUT2D eigenvalue weighted by atomic mass is 10.1. The van der Waals surface area contributed by atoms with Gasteiger partial charge in [0.25, 0.3) is 5.91 Å². The Bertz CT molecular complexity index is 1530. The van der Waals surface area contributed by atoms with Crippen molar-refractivity contribution in [2.45, 2.75) is 19.1 Å². The van der Waals surface area contributed by atoms with Gasteiger partial charge in [-0.2, -0.15) is 13.2 Å². The third-order valence-corrected chi connectivity index (χ3v) is 5.64. The second-order valence-electron chi connectivity index (χ2n) is 8.02. The summed E-state index contributed by atoms with van der Waals surface area (Å²) in [5.74, 6) is 0.316. The van der Waals surface area contributed by atoms with Crippen molar-refractivity contribution in [3.8, 4) is 11.5 Å². The second-order valence-corrected chi connectivity index (χ2v) is 8.02. The highest BCUT2D eigenvalue weighted by Crippen LogP contribution is 2.33. The molecule has 1 atom stereocenters. The van der Waals surface area contributed by atoms with Gasteiger partial charge in [-0.25, -0.2) is 4.98 Å². The second kappa shape index (κ2) is 8.75. The van der Waals surface area contributed by atoms with Gasteiger partial charge < -0.3 is 15.0 Å². The predicted molar refractivity (Wildman–Crippen MR) is 125 cm³/mol. The van der Waals surface area contributed by atoms with Crippen LogP contribution in [0.3, 0.4) is 0 Å². The number of benzene rings is 3. The molecular weight excluding hydrogens is 457 g/mol. The van der Waals surface area contributed by atoms with E-state index in [1.807, 2.05) is 25.1 Å². The topological polar surface area (TPSA) is 79.9 Å². The van der Waals surface area contributed by atoms with Crippen LogP contribution in [-0.4, -0.2) is 20.9 Å². The summed E-state index contributed by atoms with van der Waals surface area (Å²) in [6, 6.07) is 16.7. The molecule has 0 spiro atoms. The molecule has 1 amide bonds. The highest BCUT2D eigenvalue weighted by molar-refractivity contribution is 5.98. The summed E-state index contributed by atoms with van der Waals surface area (Å²) < 4.78 is 44.2. The maximum atomic E-state index is 12.9. The number of halogens is 3. The van der Waals surface area contributed by atoms with Gasteiger partial charge in [0.2, 0.25) is 0 Å². The molecule has 5 rings (SSSR count). The van der Waals surface area contributed by atoms with Gasteiger partial charge in [-0.1, -0.05) is 24.3 Å². The van der Waals surface area contributed by atoms with Crippen LogP contribution >= 0.6 is 0 Å². The van der Waals surface area contributed by atoms with Crippen molar-refractivity contribution in [2.24, 2.45) is 0 Å². The minimum atomic E-state index is -4.42. The number of H-pyrrole nitrogens is 1. The van der Waals surface area contributed by atoms with Crippen LogP contribution in [0, 0.1) is 0 Å². The number of para-hydroxylation sites is 2. The molecule has 0 saturated carbocycles. The van der Waals surface area contributed by atoms with Crippen LogP contribution in [0.25, 0.3) is 21.9 Å². The molecule has 0 aliphatic carbocycles. The first-order valence-corrected chi connectivity index (χ1v) is 10.8. The van der Waals surface area contributed by atoms with Gasteiger partial charge in [0.15, 0.2) is 5.75 Å². The molecule has 176 valence electrons. The Hall–Kier alpha value is -4.40. The first-order valence-electron chi connectivity index (χ1n) is 10.8. The van der Waals surface area contributed by atoms with Crippen LogP contribution in [0.1, 0.15) is 34.5 Å². The Morgan fingerprint density at radius 1 is 1.00 bits per heavy atom. The lowest BCUT2D eigenvalue weighted by Gasteiger charge is -2.15. The number of fused-ring (bicyclic) bond motifs is 2. The lowest BCUT2D eigenvalue weighted by Crippen LogP contribution is -2.26. The Morgan fingerprint density at radius 3 is 2.54 bits per heavy atom. The number of hydrogen-bond donors (Lipinski definition) is 2. The van der Waals surface area contributed by atoms with Crippen LogP contribution in [-0.2, 0) is 6.18 Å². The number of aromatic nitrogens is 3. The van der Waals surface area contributed by atoms with Crippen molar-refractivity contribution in [3.63, 3.8) is 0 Å². The summed E-state index contributed by atoms with van der Waals surface area (Å²) in [4.78, 5) is 24.7. The van der Waals surface area contributed by atoms with E-state index in [9.17, 15) is 18.0 Å². The van der Waals surface area contributed by atoms with Gasteiger partial charge in [-0.15, -0.1) is 0 Å². The first-order chi connectivity index (χ1) is 16.8. The van der Waals surface area contributed by atoms with E-state index < -0.39 is 11.7 Å². The Kier molecular flexibility index (Phi) is 5.60. The monoisotopic (exact) mass is 476 g/mol. The van der Waals surface area contributed by atoms with E-state index >= 15 is 0 Å². The van der Waals surface area contributed by atoms with Gasteiger partial charge in [-0.05, 0) is 49.4 Å². The number of hydrogen-bond acceptors (Lipinski definition) is 4. The van der Waals surface area contributed by atoms with Gasteiger partial charge >= 0.3 is 6.18 Å². The number of nitrogens with zero attached hydrogens (tertiary/aromatic N) is 2. The number of aromatic amines is 1. The summed E-state index contributed by atoms with van der Waals surface area (Å²) >= 11 is 0. The fourth-order valence-electron chi connectivity index (χ4n) is 3.87. The summed E-state index contributed by atoms with van der Waals surface area (Å²) in [7, 11) is 0. The van der Waals surface area contributed by atoms with Crippen molar-refractivity contribution in [2.75, 3.05) is 0 Å². The van der Waals surface area contributed by atoms with Gasteiger partial charge in [0.1, 0.15) is 11.3 Å². The quantitative estimate of drug-likeness (QED) is 0.307. The molecule has 0 radical (unpaired) electrons. The molecule has 35 heavy (non-hydrogen) atoms. The number of pyridine rings is 1. The number of rotatable bonds is 5. The standard InChI is InChI=1S/C26H19F3N4O2/c1-15(20-5-3-6-21-24(20)32-14-31-21)33-25(34)17-12-16-4-2-7-22(23(16)30-13-17)35-19-10-8-18(9-11-19)26(27,28)29/h2-15H,1H3,(H,31,32)(H,33,34)/t15-/m1/s1. The predicted octanol–water partition coefficient (Wildman–Crippen LogP) is 6.41. The molecule has 0 bridgehead atoms. The largest absolute Gasteiger partial charge is 0.455 e. The maximum absolute atomic E-state index is 12.9. The summed E-state index contributed by atoms with van der Waals surface area (Å²) in [6.07, 6.45) is -1.36. The highest BCUT2D eigenvalue weighted by atomic mass is 19.4. The van der Waals surface area contributed by atoms with Crippen LogP contribution in [0.5, 0.6) is 11.5 Å². The Balaban J connectivity index is 1.36. The summed E-state index contributed by atoms with van der Waals surface area (Å²) in [5, 5.41) is 3.63. The van der Waals surface area contributed by atoms with Crippen molar-refractivity contribution in [1.29, 1.82) is 0 Å². The molecule has 0 fully saturated rings. The molecule has 5 aromatic rings. The van der Waals surface area contributed by atoms with Crippen molar-refractivity contribution in [1.82, 2.24) is 20.3 Å². The number of imidazole rings is 1. The molecule has 2 aromatic heterocycles. The van der Waals surface area contributed by atoms with Crippen molar-refractivity contribution < 1.29 is 22.7 Å². The first kappa shape index (κ1) is 22.4. The smallest absolute Gasteiger partial charge is 0.416 e. The fourth-order valence-corrected chi connectivity index (χ4v) is 3.87. The number of carbonyl (C=O) groups is 1. The SMILES string of the molecule is C[C@@H](NC(=O)c1cnc2c(Oc3ccc(C(F)(F)F)cc3)cccc2c1)c1cccc2[nH]cnc12. The Morgan fingerprint density at radius 2 is 1.77 bits per heavy atom. The third-order valence-electron chi connectivity index (χ3n) is 5.64. The Labute approximate surface area is 197 Å². The van der Waals surface area contributed by atoms with Crippen LogP contribution in [0.15, 0.2) is 79.3 Å². The average Bonchev–Trinajstić information content (AvgIpc) is 3.33. The highest BCUT2D eigenvalue weighted by Gasteiger charge is 2.30. The molecule has 2 N–H and O–H groups in total. The molecule has 0 aliphatic rings.